The Hall–Kier alpha value is -1.02. The molecule has 0 atom stereocenters. The lowest BCUT2D eigenvalue weighted by Gasteiger charge is -2.37. The van der Waals surface area contributed by atoms with Crippen LogP contribution in [-0.2, 0) is 0 Å². The third kappa shape index (κ3) is 2.96. The minimum Gasteiger partial charge on any atom is -0.485 e. The second kappa shape index (κ2) is 3.86. The third-order valence-corrected chi connectivity index (χ3v) is 2.87. The van der Waals surface area contributed by atoms with Crippen molar-refractivity contribution >= 4 is 0 Å². The van der Waals surface area contributed by atoms with Crippen LogP contribution in [-0.4, -0.2) is 16.3 Å². The summed E-state index contributed by atoms with van der Waals surface area (Å²) in [4.78, 5) is 0. The van der Waals surface area contributed by atoms with Crippen molar-refractivity contribution in [1.29, 1.82) is 0 Å². The van der Waals surface area contributed by atoms with Crippen LogP contribution in [0.15, 0.2) is 24.3 Å². The van der Waals surface area contributed by atoms with Crippen molar-refractivity contribution in [1.82, 2.24) is 0 Å². The third-order valence-electron chi connectivity index (χ3n) is 2.87. The van der Waals surface area contributed by atoms with E-state index in [9.17, 15) is 5.11 Å². The number of hydrogen-bond acceptors (Lipinski definition) is 2. The molecule has 0 radical (unpaired) electrons. The molecule has 15 heavy (non-hydrogen) atoms. The number of hydrogen-bond donors (Lipinski definition) is 1. The molecule has 2 nitrogen and oxygen atoms in total. The Kier molecular flexibility index (Phi) is 3.10. The normalized spacial score (nSPS) is 12.7. The topological polar surface area (TPSA) is 29.5 Å². The van der Waals surface area contributed by atoms with Gasteiger partial charge in [0, 0.05) is 0 Å². The zero-order valence-corrected chi connectivity index (χ0v) is 10.2. The average Bonchev–Trinajstić information content (AvgIpc) is 2.06. The first-order valence-electron chi connectivity index (χ1n) is 5.20. The van der Waals surface area contributed by atoms with Crippen molar-refractivity contribution in [2.24, 2.45) is 0 Å². The van der Waals surface area contributed by atoms with E-state index in [0.717, 1.165) is 5.75 Å². The summed E-state index contributed by atoms with van der Waals surface area (Å²) in [7, 11) is 0. The van der Waals surface area contributed by atoms with Crippen molar-refractivity contribution < 1.29 is 9.84 Å². The standard InChI is InChI=1S/C13H20O2/c1-10-6-8-11(9-7-10)15-13(4,5)12(2,3)14/h6-9,14H,1-5H3. The first-order valence-corrected chi connectivity index (χ1v) is 5.20. The van der Waals surface area contributed by atoms with Crippen molar-refractivity contribution in [3.8, 4) is 5.75 Å². The van der Waals surface area contributed by atoms with E-state index in [1.54, 1.807) is 13.8 Å². The number of aryl methyl sites for hydroxylation is 1. The van der Waals surface area contributed by atoms with E-state index < -0.39 is 11.2 Å². The van der Waals surface area contributed by atoms with Gasteiger partial charge in [-0.15, -0.1) is 0 Å². The number of ether oxygens (including phenoxy) is 1. The van der Waals surface area contributed by atoms with Crippen LogP contribution in [0.3, 0.4) is 0 Å². The van der Waals surface area contributed by atoms with Gasteiger partial charge in [-0.2, -0.15) is 0 Å². The molecule has 0 saturated heterocycles. The Bertz CT molecular complexity index is 317. The maximum absolute atomic E-state index is 9.94. The quantitative estimate of drug-likeness (QED) is 0.827. The first-order chi connectivity index (χ1) is 6.72. The highest BCUT2D eigenvalue weighted by atomic mass is 16.5. The maximum atomic E-state index is 9.94. The molecule has 0 aliphatic rings. The van der Waals surface area contributed by atoms with Crippen LogP contribution in [0, 0.1) is 6.92 Å². The van der Waals surface area contributed by atoms with E-state index >= 15 is 0 Å². The van der Waals surface area contributed by atoms with Crippen molar-refractivity contribution in [3.05, 3.63) is 29.8 Å². The van der Waals surface area contributed by atoms with Crippen LogP contribution in [0.5, 0.6) is 5.75 Å². The molecule has 0 spiro atoms. The predicted molar refractivity (Wildman–Crippen MR) is 62.2 cm³/mol. The molecule has 0 bridgehead atoms. The lowest BCUT2D eigenvalue weighted by Crippen LogP contribution is -2.49. The molecular weight excluding hydrogens is 188 g/mol. The van der Waals surface area contributed by atoms with Crippen LogP contribution in [0.2, 0.25) is 0 Å². The minimum atomic E-state index is -0.877. The molecule has 0 heterocycles. The first kappa shape index (κ1) is 12.1. The van der Waals surface area contributed by atoms with Crippen molar-refractivity contribution in [2.75, 3.05) is 0 Å². The summed E-state index contributed by atoms with van der Waals surface area (Å²) in [5, 5.41) is 9.94. The smallest absolute Gasteiger partial charge is 0.131 e. The van der Waals surface area contributed by atoms with Gasteiger partial charge in [0.25, 0.3) is 0 Å². The summed E-state index contributed by atoms with van der Waals surface area (Å²) in [6.07, 6.45) is 0. The lowest BCUT2D eigenvalue weighted by atomic mass is 9.89. The number of rotatable bonds is 3. The molecule has 0 aliphatic heterocycles. The van der Waals surface area contributed by atoms with Crippen molar-refractivity contribution in [2.45, 2.75) is 45.8 Å². The molecule has 1 aromatic rings. The zero-order chi connectivity index (χ0) is 11.7. The highest BCUT2D eigenvalue weighted by molar-refractivity contribution is 5.27. The molecule has 1 N–H and O–H groups in total. The van der Waals surface area contributed by atoms with E-state index in [1.807, 2.05) is 45.0 Å². The van der Waals surface area contributed by atoms with Gasteiger partial charge in [0.2, 0.25) is 0 Å². The monoisotopic (exact) mass is 208 g/mol. The van der Waals surface area contributed by atoms with Crippen LogP contribution < -0.4 is 4.74 Å². The number of aliphatic hydroxyl groups is 1. The van der Waals surface area contributed by atoms with E-state index in [-0.39, 0.29) is 0 Å². The second-order valence-corrected chi connectivity index (χ2v) is 4.98. The van der Waals surface area contributed by atoms with Gasteiger partial charge in [-0.05, 0) is 46.8 Å². The number of benzene rings is 1. The Labute approximate surface area is 91.9 Å². The Balaban J connectivity index is 2.82. The predicted octanol–water partition coefficient (Wildman–Crippen LogP) is 2.92. The summed E-state index contributed by atoms with van der Waals surface area (Å²) in [5.74, 6) is 0.785. The molecule has 0 aliphatic carbocycles. The van der Waals surface area contributed by atoms with E-state index in [4.69, 9.17) is 4.74 Å². The Morgan fingerprint density at radius 3 is 1.87 bits per heavy atom. The van der Waals surface area contributed by atoms with Gasteiger partial charge >= 0.3 is 0 Å². The molecule has 0 aromatic heterocycles. The molecular formula is C13H20O2. The summed E-state index contributed by atoms with van der Waals surface area (Å²) in [6, 6.07) is 7.83. The summed E-state index contributed by atoms with van der Waals surface area (Å²) in [6.45, 7) is 9.30. The fourth-order valence-corrected chi connectivity index (χ4v) is 1.03. The summed E-state index contributed by atoms with van der Waals surface area (Å²) >= 11 is 0. The SMILES string of the molecule is Cc1ccc(OC(C)(C)C(C)(C)O)cc1. The Morgan fingerprint density at radius 2 is 1.47 bits per heavy atom. The molecule has 84 valence electrons. The van der Waals surface area contributed by atoms with E-state index in [1.165, 1.54) is 5.56 Å². The van der Waals surface area contributed by atoms with Crippen LogP contribution in [0.25, 0.3) is 0 Å². The van der Waals surface area contributed by atoms with Gasteiger partial charge in [0.05, 0.1) is 5.60 Å². The van der Waals surface area contributed by atoms with Gasteiger partial charge in [0.1, 0.15) is 11.4 Å². The second-order valence-electron chi connectivity index (χ2n) is 4.98. The fraction of sp³-hybridized carbons (Fsp3) is 0.538. The van der Waals surface area contributed by atoms with Gasteiger partial charge in [-0.1, -0.05) is 17.7 Å². The summed E-state index contributed by atoms with van der Waals surface area (Å²) in [5.41, 5.74) is -0.288. The van der Waals surface area contributed by atoms with Crippen LogP contribution in [0.4, 0.5) is 0 Å². The highest BCUT2D eigenvalue weighted by Crippen LogP contribution is 2.27. The molecule has 1 aromatic carbocycles. The van der Waals surface area contributed by atoms with Crippen LogP contribution in [0.1, 0.15) is 33.3 Å². The molecule has 0 fully saturated rings. The highest BCUT2D eigenvalue weighted by Gasteiger charge is 2.37. The van der Waals surface area contributed by atoms with Crippen molar-refractivity contribution in [3.63, 3.8) is 0 Å². The average molecular weight is 208 g/mol. The molecule has 0 amide bonds. The van der Waals surface area contributed by atoms with Gasteiger partial charge < -0.3 is 9.84 Å². The maximum Gasteiger partial charge on any atom is 0.131 e. The lowest BCUT2D eigenvalue weighted by molar-refractivity contribution is -0.0906. The van der Waals surface area contributed by atoms with E-state index in [2.05, 4.69) is 0 Å². The molecule has 0 saturated carbocycles. The van der Waals surface area contributed by atoms with Gasteiger partial charge in [-0.25, -0.2) is 0 Å². The molecule has 0 unspecified atom stereocenters. The molecule has 2 heteroatoms. The largest absolute Gasteiger partial charge is 0.485 e. The molecule has 1 rings (SSSR count). The zero-order valence-electron chi connectivity index (χ0n) is 10.2. The van der Waals surface area contributed by atoms with E-state index in [0.29, 0.717) is 0 Å². The summed E-state index contributed by atoms with van der Waals surface area (Å²) < 4.78 is 5.77. The fourth-order valence-electron chi connectivity index (χ4n) is 1.03. The minimum absolute atomic E-state index is 0.609. The van der Waals surface area contributed by atoms with Gasteiger partial charge in [-0.3, -0.25) is 0 Å². The van der Waals surface area contributed by atoms with Gasteiger partial charge in [0.15, 0.2) is 0 Å². The Morgan fingerprint density at radius 1 is 1.00 bits per heavy atom. The van der Waals surface area contributed by atoms with Crippen LogP contribution >= 0.6 is 0 Å².